The van der Waals surface area contributed by atoms with Gasteiger partial charge in [-0.15, -0.1) is 0 Å². The molecule has 3 aromatic rings. The van der Waals surface area contributed by atoms with Crippen molar-refractivity contribution >= 4 is 46.4 Å². The summed E-state index contributed by atoms with van der Waals surface area (Å²) >= 11 is 5.74. The summed E-state index contributed by atoms with van der Waals surface area (Å²) in [6, 6.07) is 10.0. The molecule has 0 aliphatic carbocycles. The fourth-order valence-electron chi connectivity index (χ4n) is 3.15. The van der Waals surface area contributed by atoms with Crippen molar-refractivity contribution in [1.29, 1.82) is 0 Å². The number of pyridine rings is 1. The molecule has 0 radical (unpaired) electrons. The summed E-state index contributed by atoms with van der Waals surface area (Å²) in [5.41, 5.74) is 1.42. The maximum Gasteiger partial charge on any atom is 0.276 e. The second-order valence-corrected chi connectivity index (χ2v) is 7.11. The molecule has 2 aromatic heterocycles. The molecule has 10 heteroatoms. The minimum Gasteiger partial charge on any atom is -0.321 e. The van der Waals surface area contributed by atoms with Gasteiger partial charge in [-0.1, -0.05) is 11.6 Å². The predicted molar refractivity (Wildman–Crippen MR) is 115 cm³/mol. The summed E-state index contributed by atoms with van der Waals surface area (Å²) in [5, 5.41) is 5.60. The van der Waals surface area contributed by atoms with Crippen molar-refractivity contribution in [2.24, 2.45) is 0 Å². The average molecular weight is 437 g/mol. The van der Waals surface area contributed by atoms with Gasteiger partial charge in [0.1, 0.15) is 5.15 Å². The van der Waals surface area contributed by atoms with Crippen LogP contribution in [0.4, 0.5) is 17.1 Å². The first kappa shape index (κ1) is 20.4. The van der Waals surface area contributed by atoms with E-state index in [1.54, 1.807) is 35.2 Å². The molecule has 3 heterocycles. The number of carbonyl (C=O) groups is 3. The lowest BCUT2D eigenvalue weighted by Gasteiger charge is -2.16. The zero-order valence-electron chi connectivity index (χ0n) is 16.2. The first-order valence-corrected chi connectivity index (χ1v) is 9.85. The van der Waals surface area contributed by atoms with Crippen molar-refractivity contribution in [3.8, 4) is 0 Å². The van der Waals surface area contributed by atoms with Gasteiger partial charge in [-0.25, -0.2) is 15.0 Å². The molecule has 1 aromatic carbocycles. The Bertz CT molecular complexity index is 1130. The molecule has 1 aliphatic heterocycles. The van der Waals surface area contributed by atoms with Gasteiger partial charge in [0.15, 0.2) is 11.4 Å². The summed E-state index contributed by atoms with van der Waals surface area (Å²) in [5.74, 6) is -1.11. The van der Waals surface area contributed by atoms with Crippen LogP contribution in [0.1, 0.15) is 33.8 Å². The lowest BCUT2D eigenvalue weighted by Crippen LogP contribution is -2.24. The lowest BCUT2D eigenvalue weighted by atomic mass is 10.2. The van der Waals surface area contributed by atoms with E-state index in [1.165, 1.54) is 24.7 Å². The smallest absolute Gasteiger partial charge is 0.276 e. The third-order valence-electron chi connectivity index (χ3n) is 4.62. The van der Waals surface area contributed by atoms with Crippen LogP contribution in [0, 0.1) is 0 Å². The first-order chi connectivity index (χ1) is 15.0. The minimum absolute atomic E-state index is 0.0860. The molecule has 2 N–H and O–H groups in total. The number of anilines is 3. The molecule has 31 heavy (non-hydrogen) atoms. The van der Waals surface area contributed by atoms with E-state index in [0.717, 1.165) is 12.1 Å². The number of rotatable bonds is 5. The number of benzene rings is 1. The molecule has 1 saturated heterocycles. The Labute approximate surface area is 182 Å². The summed E-state index contributed by atoms with van der Waals surface area (Å²) in [7, 11) is 0. The number of carbonyl (C=O) groups excluding carboxylic acids is 3. The van der Waals surface area contributed by atoms with Crippen molar-refractivity contribution in [3.63, 3.8) is 0 Å². The summed E-state index contributed by atoms with van der Waals surface area (Å²) in [4.78, 5) is 50.8. The van der Waals surface area contributed by atoms with E-state index in [-0.39, 0.29) is 22.4 Å². The Hall–Kier alpha value is -3.85. The van der Waals surface area contributed by atoms with Crippen LogP contribution in [0.25, 0.3) is 0 Å². The standard InChI is InChI=1S/C21H17ClN6O3/c22-16-8-5-14(12-25-16)27-21(31)19-18(23-9-10-24-19)20(30)26-13-3-6-15(7-4-13)28-11-1-2-17(28)29/h3-10,12H,1-2,11H2,(H,26,30)(H,27,31). The van der Waals surface area contributed by atoms with Crippen molar-refractivity contribution in [3.05, 3.63) is 71.5 Å². The maximum absolute atomic E-state index is 12.7. The van der Waals surface area contributed by atoms with Crippen LogP contribution < -0.4 is 15.5 Å². The number of nitrogens with one attached hydrogen (secondary N) is 2. The normalized spacial score (nSPS) is 13.2. The second kappa shape index (κ2) is 8.88. The number of hydrogen-bond donors (Lipinski definition) is 2. The second-order valence-electron chi connectivity index (χ2n) is 6.73. The van der Waals surface area contributed by atoms with Gasteiger partial charge in [-0.05, 0) is 42.8 Å². The van der Waals surface area contributed by atoms with E-state index in [0.29, 0.717) is 24.3 Å². The summed E-state index contributed by atoms with van der Waals surface area (Å²) < 4.78 is 0. The highest BCUT2D eigenvalue weighted by atomic mass is 35.5. The molecule has 0 saturated carbocycles. The molecule has 3 amide bonds. The maximum atomic E-state index is 12.7. The lowest BCUT2D eigenvalue weighted by molar-refractivity contribution is -0.117. The van der Waals surface area contributed by atoms with Crippen molar-refractivity contribution < 1.29 is 14.4 Å². The fourth-order valence-corrected chi connectivity index (χ4v) is 3.26. The largest absolute Gasteiger partial charge is 0.321 e. The third-order valence-corrected chi connectivity index (χ3v) is 4.85. The molecular weight excluding hydrogens is 420 g/mol. The topological polar surface area (TPSA) is 117 Å². The van der Waals surface area contributed by atoms with Crippen LogP contribution >= 0.6 is 11.6 Å². The number of hydrogen-bond acceptors (Lipinski definition) is 6. The van der Waals surface area contributed by atoms with E-state index >= 15 is 0 Å². The van der Waals surface area contributed by atoms with E-state index < -0.39 is 11.8 Å². The van der Waals surface area contributed by atoms with Gasteiger partial charge in [0.2, 0.25) is 5.91 Å². The van der Waals surface area contributed by atoms with Gasteiger partial charge in [0, 0.05) is 36.7 Å². The van der Waals surface area contributed by atoms with Crippen LogP contribution in [-0.4, -0.2) is 39.2 Å². The van der Waals surface area contributed by atoms with Gasteiger partial charge >= 0.3 is 0 Å². The molecule has 1 fully saturated rings. The van der Waals surface area contributed by atoms with Gasteiger partial charge in [0.05, 0.1) is 11.9 Å². The SMILES string of the molecule is O=C(Nc1ccc(N2CCCC2=O)cc1)c1nccnc1C(=O)Nc1ccc(Cl)nc1. The first-order valence-electron chi connectivity index (χ1n) is 9.47. The van der Waals surface area contributed by atoms with E-state index in [2.05, 4.69) is 25.6 Å². The van der Waals surface area contributed by atoms with Gasteiger partial charge < -0.3 is 15.5 Å². The van der Waals surface area contributed by atoms with Crippen molar-refractivity contribution in [2.75, 3.05) is 22.1 Å². The van der Waals surface area contributed by atoms with Crippen LogP contribution in [0.3, 0.4) is 0 Å². The van der Waals surface area contributed by atoms with E-state index in [4.69, 9.17) is 11.6 Å². The number of halogens is 1. The molecule has 1 aliphatic rings. The molecule has 0 bridgehead atoms. The quantitative estimate of drug-likeness (QED) is 0.593. The number of amides is 3. The molecule has 0 unspecified atom stereocenters. The highest BCUT2D eigenvalue weighted by Gasteiger charge is 2.23. The Morgan fingerprint density at radius 2 is 1.48 bits per heavy atom. The molecule has 9 nitrogen and oxygen atoms in total. The van der Waals surface area contributed by atoms with Crippen molar-refractivity contribution in [1.82, 2.24) is 15.0 Å². The minimum atomic E-state index is -0.606. The molecular formula is C21H17ClN6O3. The van der Waals surface area contributed by atoms with Crippen LogP contribution in [-0.2, 0) is 4.79 Å². The molecule has 156 valence electrons. The van der Waals surface area contributed by atoms with Crippen LogP contribution in [0.15, 0.2) is 55.0 Å². The monoisotopic (exact) mass is 436 g/mol. The average Bonchev–Trinajstić information content (AvgIpc) is 3.21. The van der Waals surface area contributed by atoms with Crippen molar-refractivity contribution in [2.45, 2.75) is 12.8 Å². The van der Waals surface area contributed by atoms with Crippen LogP contribution in [0.5, 0.6) is 0 Å². The predicted octanol–water partition coefficient (Wildman–Crippen LogP) is 3.16. The number of aromatic nitrogens is 3. The van der Waals surface area contributed by atoms with Gasteiger partial charge in [-0.2, -0.15) is 0 Å². The molecule has 4 rings (SSSR count). The Morgan fingerprint density at radius 1 is 0.871 bits per heavy atom. The Balaban J connectivity index is 1.48. The van der Waals surface area contributed by atoms with E-state index in [1.807, 2.05) is 0 Å². The molecule has 0 spiro atoms. The Kier molecular flexibility index (Phi) is 5.85. The fraction of sp³-hybridized carbons (Fsp3) is 0.143. The summed E-state index contributed by atoms with van der Waals surface area (Å²) in [6.07, 6.45) is 5.43. The van der Waals surface area contributed by atoms with E-state index in [9.17, 15) is 14.4 Å². The molecule has 0 atom stereocenters. The zero-order valence-corrected chi connectivity index (χ0v) is 17.0. The van der Waals surface area contributed by atoms with Gasteiger partial charge in [0.25, 0.3) is 11.8 Å². The number of nitrogens with zero attached hydrogens (tertiary/aromatic N) is 4. The highest BCUT2D eigenvalue weighted by molar-refractivity contribution is 6.29. The van der Waals surface area contributed by atoms with Gasteiger partial charge in [-0.3, -0.25) is 14.4 Å². The van der Waals surface area contributed by atoms with Crippen LogP contribution in [0.2, 0.25) is 5.15 Å². The third kappa shape index (κ3) is 4.67. The summed E-state index contributed by atoms with van der Waals surface area (Å²) in [6.45, 7) is 0.686. The zero-order chi connectivity index (χ0) is 21.8. The highest BCUT2D eigenvalue weighted by Crippen LogP contribution is 2.23. The Morgan fingerprint density at radius 3 is 2.03 bits per heavy atom.